The molecule has 0 fully saturated rings. The summed E-state index contributed by atoms with van der Waals surface area (Å²) >= 11 is 0. The van der Waals surface area contributed by atoms with Gasteiger partial charge < -0.3 is 10.5 Å². The first-order valence-electron chi connectivity index (χ1n) is 8.37. The van der Waals surface area contributed by atoms with Crippen LogP contribution in [0.5, 0.6) is 0 Å². The lowest BCUT2D eigenvalue weighted by atomic mass is 10.0. The molecule has 0 aromatic rings. The van der Waals surface area contributed by atoms with Crippen molar-refractivity contribution in [1.82, 2.24) is 5.32 Å². The average Bonchev–Trinajstić information content (AvgIpc) is 2.49. The molecule has 0 heterocycles. The maximum atomic E-state index is 12.3. The third-order valence-corrected chi connectivity index (χ3v) is 3.25. The molecule has 24 heavy (non-hydrogen) atoms. The van der Waals surface area contributed by atoms with Crippen molar-refractivity contribution in [3.8, 4) is 0 Å². The van der Waals surface area contributed by atoms with Gasteiger partial charge in [0.15, 0.2) is 0 Å². The van der Waals surface area contributed by atoms with E-state index in [1.807, 2.05) is 0 Å². The van der Waals surface area contributed by atoms with Gasteiger partial charge in [0.25, 0.3) is 5.91 Å². The van der Waals surface area contributed by atoms with Gasteiger partial charge in [-0.05, 0) is 53.3 Å². The van der Waals surface area contributed by atoms with E-state index in [0.29, 0.717) is 13.0 Å². The monoisotopic (exact) mass is 341 g/mol. The molecule has 0 spiro atoms. The number of hydrogen-bond acceptors (Lipinski definition) is 6. The lowest BCUT2D eigenvalue weighted by Gasteiger charge is -2.21. The Kier molecular flexibility index (Phi) is 11.1. The van der Waals surface area contributed by atoms with E-state index >= 15 is 0 Å². The summed E-state index contributed by atoms with van der Waals surface area (Å²) in [6, 6.07) is -0.568. The Hall–Kier alpha value is -1.60. The minimum atomic E-state index is -0.568. The summed E-state index contributed by atoms with van der Waals surface area (Å²) in [5, 5.41) is 2.86. The van der Waals surface area contributed by atoms with Crippen molar-refractivity contribution < 1.29 is 19.1 Å². The summed E-state index contributed by atoms with van der Waals surface area (Å²) in [5.41, 5.74) is 4.87. The van der Waals surface area contributed by atoms with Crippen molar-refractivity contribution in [1.29, 1.82) is 0 Å². The Morgan fingerprint density at radius 2 is 1.83 bits per heavy atom. The molecule has 0 aromatic heterocycles. The third kappa shape index (κ3) is 11.9. The van der Waals surface area contributed by atoms with Crippen molar-refractivity contribution in [2.45, 2.75) is 70.9 Å². The number of hydrogen-bond donors (Lipinski definition) is 2. The molecule has 0 saturated carbocycles. The SMILES string of the molecule is C=NC(=O)CNC(CCC(=O)OC(C)(C)C)C(=O)CCCCCN. The Bertz CT molecular complexity index is 430. The van der Waals surface area contributed by atoms with E-state index in [0.717, 1.165) is 19.3 Å². The van der Waals surface area contributed by atoms with Crippen LogP contribution in [0.3, 0.4) is 0 Å². The summed E-state index contributed by atoms with van der Waals surface area (Å²) in [5.74, 6) is -0.820. The van der Waals surface area contributed by atoms with Crippen LogP contribution in [-0.4, -0.2) is 49.1 Å². The number of amides is 1. The van der Waals surface area contributed by atoms with Gasteiger partial charge in [-0.3, -0.25) is 19.7 Å². The van der Waals surface area contributed by atoms with Gasteiger partial charge in [-0.1, -0.05) is 6.42 Å². The van der Waals surface area contributed by atoms with Gasteiger partial charge in [0.2, 0.25) is 0 Å². The Morgan fingerprint density at radius 1 is 1.17 bits per heavy atom. The molecule has 0 aliphatic rings. The Balaban J connectivity index is 4.50. The molecule has 138 valence electrons. The zero-order valence-corrected chi connectivity index (χ0v) is 15.1. The Morgan fingerprint density at radius 3 is 2.38 bits per heavy atom. The van der Waals surface area contributed by atoms with Crippen LogP contribution in [0.25, 0.3) is 0 Å². The average molecular weight is 341 g/mol. The summed E-state index contributed by atoms with van der Waals surface area (Å²) in [6.45, 7) is 9.06. The smallest absolute Gasteiger partial charge is 0.306 e. The summed E-state index contributed by atoms with van der Waals surface area (Å²) in [4.78, 5) is 38.6. The quantitative estimate of drug-likeness (QED) is 0.315. The van der Waals surface area contributed by atoms with Gasteiger partial charge in [-0.25, -0.2) is 4.99 Å². The molecular weight excluding hydrogens is 310 g/mol. The number of rotatable bonds is 12. The standard InChI is InChI=1S/C17H31N3O4/c1-17(2,3)24-16(23)10-9-13(20-12-15(22)19-4)14(21)8-6-5-7-11-18/h13,20H,4-12,18H2,1-3H3. The second-order valence-electron chi connectivity index (χ2n) is 6.68. The number of Topliss-reactive ketones (excluding diaryl/α,β-unsaturated/α-hetero) is 1. The molecule has 0 aromatic carbocycles. The molecule has 1 amide bonds. The van der Waals surface area contributed by atoms with Gasteiger partial charge in [0.1, 0.15) is 11.4 Å². The fraction of sp³-hybridized carbons (Fsp3) is 0.765. The minimum absolute atomic E-state index is 0.0209. The van der Waals surface area contributed by atoms with Crippen LogP contribution < -0.4 is 11.1 Å². The van der Waals surface area contributed by atoms with Gasteiger partial charge in [-0.2, -0.15) is 0 Å². The summed E-state index contributed by atoms with van der Waals surface area (Å²) < 4.78 is 5.24. The topological polar surface area (TPSA) is 111 Å². The molecule has 7 heteroatoms. The molecule has 0 bridgehead atoms. The van der Waals surface area contributed by atoms with Crippen molar-refractivity contribution in [2.24, 2.45) is 10.7 Å². The lowest BCUT2D eigenvalue weighted by molar-refractivity contribution is -0.155. The predicted octanol–water partition coefficient (Wildman–Crippen LogP) is 1.38. The molecule has 7 nitrogen and oxygen atoms in total. The fourth-order valence-corrected chi connectivity index (χ4v) is 2.09. The van der Waals surface area contributed by atoms with Crippen molar-refractivity contribution in [3.05, 3.63) is 0 Å². The first kappa shape index (κ1) is 22.4. The number of nitrogens with two attached hydrogens (primary N) is 1. The highest BCUT2D eigenvalue weighted by Crippen LogP contribution is 2.12. The first-order valence-corrected chi connectivity index (χ1v) is 8.37. The maximum absolute atomic E-state index is 12.3. The number of nitrogens with zero attached hydrogens (tertiary/aromatic N) is 1. The van der Waals surface area contributed by atoms with Crippen molar-refractivity contribution >= 4 is 24.4 Å². The minimum Gasteiger partial charge on any atom is -0.460 e. The van der Waals surface area contributed by atoms with E-state index in [4.69, 9.17) is 10.5 Å². The number of esters is 1. The molecule has 0 aliphatic carbocycles. The van der Waals surface area contributed by atoms with Gasteiger partial charge in [0.05, 0.1) is 12.6 Å². The highest BCUT2D eigenvalue weighted by molar-refractivity contribution is 5.86. The van der Waals surface area contributed by atoms with E-state index in [-0.39, 0.29) is 31.1 Å². The van der Waals surface area contributed by atoms with Crippen LogP contribution in [0, 0.1) is 0 Å². The predicted molar refractivity (Wildman–Crippen MR) is 94.0 cm³/mol. The normalized spacial score (nSPS) is 12.5. The van der Waals surface area contributed by atoms with E-state index in [2.05, 4.69) is 17.0 Å². The first-order chi connectivity index (χ1) is 11.2. The highest BCUT2D eigenvalue weighted by Gasteiger charge is 2.22. The zero-order chi connectivity index (χ0) is 18.6. The molecule has 0 saturated heterocycles. The number of unbranched alkanes of at least 4 members (excludes halogenated alkanes) is 2. The molecular formula is C17H31N3O4. The van der Waals surface area contributed by atoms with E-state index in [1.165, 1.54) is 0 Å². The van der Waals surface area contributed by atoms with Crippen LogP contribution in [0.2, 0.25) is 0 Å². The Labute approximate surface area is 144 Å². The van der Waals surface area contributed by atoms with Gasteiger partial charge >= 0.3 is 5.97 Å². The molecule has 1 unspecified atom stereocenters. The van der Waals surface area contributed by atoms with E-state index < -0.39 is 17.6 Å². The summed E-state index contributed by atoms with van der Waals surface area (Å²) in [6.07, 6.45) is 3.29. The van der Waals surface area contributed by atoms with E-state index in [1.54, 1.807) is 20.8 Å². The lowest BCUT2D eigenvalue weighted by Crippen LogP contribution is -2.40. The summed E-state index contributed by atoms with van der Waals surface area (Å²) in [7, 11) is 0. The van der Waals surface area contributed by atoms with Crippen LogP contribution in [0.15, 0.2) is 4.99 Å². The van der Waals surface area contributed by atoms with Crippen LogP contribution in [0.4, 0.5) is 0 Å². The maximum Gasteiger partial charge on any atom is 0.306 e. The molecule has 0 rings (SSSR count). The molecule has 3 N–H and O–H groups in total. The number of carbonyl (C=O) groups excluding carboxylic acids is 3. The number of aliphatic imine (C=N–C) groups is 1. The van der Waals surface area contributed by atoms with Crippen LogP contribution >= 0.6 is 0 Å². The largest absolute Gasteiger partial charge is 0.460 e. The number of ether oxygens (including phenoxy) is 1. The van der Waals surface area contributed by atoms with Gasteiger partial charge in [0, 0.05) is 12.8 Å². The molecule has 0 aliphatic heterocycles. The van der Waals surface area contributed by atoms with Gasteiger partial charge in [-0.15, -0.1) is 0 Å². The third-order valence-electron chi connectivity index (χ3n) is 3.25. The second-order valence-corrected chi connectivity index (χ2v) is 6.68. The molecule has 0 radical (unpaired) electrons. The number of nitrogens with one attached hydrogen (secondary N) is 1. The number of ketones is 1. The zero-order valence-electron chi connectivity index (χ0n) is 15.1. The van der Waals surface area contributed by atoms with Crippen molar-refractivity contribution in [2.75, 3.05) is 13.1 Å². The van der Waals surface area contributed by atoms with Crippen LogP contribution in [-0.2, 0) is 19.1 Å². The molecule has 1 atom stereocenters. The highest BCUT2D eigenvalue weighted by atomic mass is 16.6. The second kappa shape index (κ2) is 11.9. The van der Waals surface area contributed by atoms with E-state index in [9.17, 15) is 14.4 Å². The van der Waals surface area contributed by atoms with Crippen LogP contribution in [0.1, 0.15) is 59.3 Å². The number of carbonyl (C=O) groups is 3. The van der Waals surface area contributed by atoms with Crippen molar-refractivity contribution in [3.63, 3.8) is 0 Å². The fourth-order valence-electron chi connectivity index (χ4n) is 2.09.